The molecule has 68 valence electrons. The lowest BCUT2D eigenvalue weighted by atomic mass is 10.3. The average Bonchev–Trinajstić information content (AvgIpc) is 2.42. The van der Waals surface area contributed by atoms with Gasteiger partial charge in [-0.2, -0.15) is 0 Å². The summed E-state index contributed by atoms with van der Waals surface area (Å²) >= 11 is 0. The van der Waals surface area contributed by atoms with Crippen molar-refractivity contribution in [3.63, 3.8) is 0 Å². The molecule has 0 spiro atoms. The second-order valence-electron chi connectivity index (χ2n) is 3.10. The number of hydrogen-bond donors (Lipinski definition) is 1. The van der Waals surface area contributed by atoms with Gasteiger partial charge in [0.15, 0.2) is 6.29 Å². The van der Waals surface area contributed by atoms with Crippen LogP contribution in [0.2, 0.25) is 0 Å². The van der Waals surface area contributed by atoms with Gasteiger partial charge in [-0.3, -0.25) is 0 Å². The van der Waals surface area contributed by atoms with Gasteiger partial charge in [0, 0.05) is 0 Å². The van der Waals surface area contributed by atoms with Gasteiger partial charge in [0.2, 0.25) is 0 Å². The molecule has 0 aromatic heterocycles. The lowest BCUT2D eigenvalue weighted by Crippen LogP contribution is -2.30. The summed E-state index contributed by atoms with van der Waals surface area (Å²) in [5.74, 6) is 0. The molecule has 0 aromatic rings. The average molecular weight is 173 g/mol. The number of nitrogens with zero attached hydrogens (tertiary/aromatic N) is 1. The molecule has 2 saturated heterocycles. The predicted octanol–water partition coefficient (Wildman–Crippen LogP) is 0.110. The van der Waals surface area contributed by atoms with Crippen molar-refractivity contribution in [1.29, 1.82) is 0 Å². The maximum absolute atomic E-state index is 10.5. The molecule has 2 aliphatic heterocycles. The zero-order valence-electron chi connectivity index (χ0n) is 6.77. The van der Waals surface area contributed by atoms with Crippen molar-refractivity contribution in [3.05, 3.63) is 0 Å². The molecule has 5 nitrogen and oxygen atoms in total. The second kappa shape index (κ2) is 2.60. The van der Waals surface area contributed by atoms with E-state index in [1.807, 2.05) is 6.92 Å². The van der Waals surface area contributed by atoms with Crippen LogP contribution in [-0.2, 0) is 9.47 Å². The van der Waals surface area contributed by atoms with Crippen molar-refractivity contribution in [1.82, 2.24) is 4.90 Å². The molecule has 5 heteroatoms. The van der Waals surface area contributed by atoms with Gasteiger partial charge in [-0.15, -0.1) is 0 Å². The van der Waals surface area contributed by atoms with Crippen molar-refractivity contribution >= 4 is 6.09 Å². The summed E-state index contributed by atoms with van der Waals surface area (Å²) < 4.78 is 10.7. The molecule has 0 aliphatic carbocycles. The Bertz CT molecular complexity index is 194. The first-order valence-corrected chi connectivity index (χ1v) is 3.95. The summed E-state index contributed by atoms with van der Waals surface area (Å²) in [6, 6.07) is 0. The van der Waals surface area contributed by atoms with Gasteiger partial charge >= 0.3 is 6.09 Å². The first kappa shape index (κ1) is 7.82. The number of hydrogen-bond acceptors (Lipinski definition) is 3. The summed E-state index contributed by atoms with van der Waals surface area (Å²) in [4.78, 5) is 11.8. The first-order chi connectivity index (χ1) is 5.66. The number of amides is 1. The number of likely N-dealkylation sites (tertiary alicyclic amines) is 1. The minimum atomic E-state index is -0.899. The minimum absolute atomic E-state index is 0.0592. The summed E-state index contributed by atoms with van der Waals surface area (Å²) in [5, 5.41) is 8.65. The van der Waals surface area contributed by atoms with E-state index < -0.39 is 6.09 Å². The maximum Gasteiger partial charge on any atom is 0.407 e. The van der Waals surface area contributed by atoms with E-state index in [1.54, 1.807) is 0 Å². The molecule has 0 radical (unpaired) electrons. The highest BCUT2D eigenvalue weighted by atomic mass is 16.7. The third-order valence-electron chi connectivity index (χ3n) is 2.22. The largest absolute Gasteiger partial charge is 0.465 e. The Morgan fingerprint density at radius 1 is 1.42 bits per heavy atom. The molecule has 12 heavy (non-hydrogen) atoms. The lowest BCUT2D eigenvalue weighted by molar-refractivity contribution is -0.0636. The van der Waals surface area contributed by atoms with Gasteiger partial charge in [0.05, 0.1) is 13.1 Å². The van der Waals surface area contributed by atoms with Gasteiger partial charge in [-0.1, -0.05) is 0 Å². The zero-order valence-corrected chi connectivity index (χ0v) is 6.77. The molecule has 2 fully saturated rings. The van der Waals surface area contributed by atoms with E-state index in [4.69, 9.17) is 14.6 Å². The van der Waals surface area contributed by atoms with E-state index in [2.05, 4.69) is 0 Å². The SMILES string of the molecule is CC1OC2CN(C(=O)O)CC2O1. The highest BCUT2D eigenvalue weighted by molar-refractivity contribution is 5.65. The van der Waals surface area contributed by atoms with Crippen LogP contribution in [0.25, 0.3) is 0 Å². The van der Waals surface area contributed by atoms with Gasteiger partial charge < -0.3 is 19.5 Å². The number of ether oxygens (including phenoxy) is 2. The van der Waals surface area contributed by atoms with Crippen LogP contribution in [0.1, 0.15) is 6.92 Å². The summed E-state index contributed by atoms with van der Waals surface area (Å²) in [6.07, 6.45) is -1.20. The molecular formula is C7H11NO4. The van der Waals surface area contributed by atoms with Crippen LogP contribution in [0.15, 0.2) is 0 Å². The third kappa shape index (κ3) is 1.15. The van der Waals surface area contributed by atoms with Crippen LogP contribution in [0.5, 0.6) is 0 Å². The van der Waals surface area contributed by atoms with Crippen molar-refractivity contribution in [2.75, 3.05) is 13.1 Å². The van der Waals surface area contributed by atoms with Gasteiger partial charge in [-0.05, 0) is 6.92 Å². The topological polar surface area (TPSA) is 59.0 Å². The van der Waals surface area contributed by atoms with Crippen LogP contribution in [0, 0.1) is 0 Å². The number of rotatable bonds is 0. The molecule has 0 saturated carbocycles. The van der Waals surface area contributed by atoms with E-state index in [1.165, 1.54) is 4.90 Å². The molecule has 2 atom stereocenters. The first-order valence-electron chi connectivity index (χ1n) is 3.95. The van der Waals surface area contributed by atoms with Crippen molar-refractivity contribution in [2.45, 2.75) is 25.4 Å². The summed E-state index contributed by atoms with van der Waals surface area (Å²) in [7, 11) is 0. The smallest absolute Gasteiger partial charge is 0.407 e. The Kier molecular flexibility index (Phi) is 1.69. The fourth-order valence-corrected chi connectivity index (χ4v) is 1.69. The minimum Gasteiger partial charge on any atom is -0.465 e. The highest BCUT2D eigenvalue weighted by Gasteiger charge is 2.43. The number of fused-ring (bicyclic) bond motifs is 1. The fraction of sp³-hybridized carbons (Fsp3) is 0.857. The highest BCUT2D eigenvalue weighted by Crippen LogP contribution is 2.25. The molecule has 0 aromatic carbocycles. The Hall–Kier alpha value is -0.810. The van der Waals surface area contributed by atoms with Crippen LogP contribution < -0.4 is 0 Å². The predicted molar refractivity (Wildman–Crippen MR) is 38.8 cm³/mol. The van der Waals surface area contributed by atoms with Gasteiger partial charge in [0.1, 0.15) is 12.2 Å². The quantitative estimate of drug-likeness (QED) is 0.564. The van der Waals surface area contributed by atoms with E-state index in [0.717, 1.165) is 0 Å². The summed E-state index contributed by atoms with van der Waals surface area (Å²) in [5.41, 5.74) is 0. The maximum atomic E-state index is 10.5. The lowest BCUT2D eigenvalue weighted by Gasteiger charge is -2.13. The Labute approximate surface area is 69.9 Å². The number of carbonyl (C=O) groups is 1. The monoisotopic (exact) mass is 173 g/mol. The van der Waals surface area contributed by atoms with E-state index in [0.29, 0.717) is 13.1 Å². The van der Waals surface area contributed by atoms with Crippen molar-refractivity contribution < 1.29 is 19.4 Å². The van der Waals surface area contributed by atoms with Gasteiger partial charge in [0.25, 0.3) is 0 Å². The Balaban J connectivity index is 1.98. The van der Waals surface area contributed by atoms with Crippen LogP contribution in [-0.4, -0.2) is 47.7 Å². The fourth-order valence-electron chi connectivity index (χ4n) is 1.69. The van der Waals surface area contributed by atoms with E-state index in [-0.39, 0.29) is 18.5 Å². The Morgan fingerprint density at radius 2 is 1.92 bits per heavy atom. The second-order valence-corrected chi connectivity index (χ2v) is 3.10. The molecule has 0 bridgehead atoms. The third-order valence-corrected chi connectivity index (χ3v) is 2.22. The van der Waals surface area contributed by atoms with E-state index in [9.17, 15) is 4.79 Å². The molecule has 2 aliphatic rings. The standard InChI is InChI=1S/C7H11NO4/c1-4-11-5-2-8(7(9)10)3-6(5)12-4/h4-6H,2-3H2,1H3,(H,9,10). The van der Waals surface area contributed by atoms with Crippen LogP contribution in [0.4, 0.5) is 4.79 Å². The van der Waals surface area contributed by atoms with Crippen LogP contribution in [0.3, 0.4) is 0 Å². The molecule has 1 N–H and O–H groups in total. The molecule has 2 heterocycles. The molecular weight excluding hydrogens is 162 g/mol. The molecule has 2 unspecified atom stereocenters. The van der Waals surface area contributed by atoms with Crippen LogP contribution >= 0.6 is 0 Å². The zero-order chi connectivity index (χ0) is 8.72. The summed E-state index contributed by atoms with van der Waals surface area (Å²) in [6.45, 7) is 2.69. The molecule has 2 rings (SSSR count). The van der Waals surface area contributed by atoms with Gasteiger partial charge in [-0.25, -0.2) is 4.79 Å². The number of carboxylic acid groups (broad SMARTS) is 1. The van der Waals surface area contributed by atoms with E-state index >= 15 is 0 Å². The molecule has 1 amide bonds. The Morgan fingerprint density at radius 3 is 2.33 bits per heavy atom. The van der Waals surface area contributed by atoms with Crippen molar-refractivity contribution in [3.8, 4) is 0 Å². The normalized spacial score (nSPS) is 40.1. The van der Waals surface area contributed by atoms with Crippen molar-refractivity contribution in [2.24, 2.45) is 0 Å².